The molecule has 2 heterocycles. The van der Waals surface area contributed by atoms with E-state index in [2.05, 4.69) is 20.5 Å². The lowest BCUT2D eigenvalue weighted by Crippen LogP contribution is -2.25. The Morgan fingerprint density at radius 3 is 2.76 bits per heavy atom. The fourth-order valence-corrected chi connectivity index (χ4v) is 3.81. The van der Waals surface area contributed by atoms with Crippen molar-refractivity contribution >= 4 is 27.5 Å². The van der Waals surface area contributed by atoms with Crippen molar-refractivity contribution in [3.05, 3.63) is 65.1 Å². The average Bonchev–Trinajstić information content (AvgIpc) is 3.34. The van der Waals surface area contributed by atoms with Gasteiger partial charge in [-0.3, -0.25) is 4.79 Å². The van der Waals surface area contributed by atoms with Crippen molar-refractivity contribution in [2.75, 3.05) is 6.54 Å². The summed E-state index contributed by atoms with van der Waals surface area (Å²) in [5, 5.41) is 19.2. The van der Waals surface area contributed by atoms with E-state index in [1.807, 2.05) is 36.4 Å². The number of halogens is 1. The predicted molar refractivity (Wildman–Crippen MR) is 104 cm³/mol. The Kier molecular flexibility index (Phi) is 5.27. The first-order valence-electron chi connectivity index (χ1n) is 8.72. The molecule has 0 aliphatic carbocycles. The molecule has 4 aromatic rings. The molecule has 0 atom stereocenters. The van der Waals surface area contributed by atoms with E-state index in [1.54, 1.807) is 12.1 Å². The fraction of sp³-hybridized carbons (Fsp3) is 0.150. The molecular weight excluding hydrogens is 393 g/mol. The van der Waals surface area contributed by atoms with Crippen LogP contribution >= 0.6 is 11.3 Å². The maximum absolute atomic E-state index is 15.0. The Balaban J connectivity index is 1.53. The lowest BCUT2D eigenvalue weighted by Gasteiger charge is -2.03. The highest BCUT2D eigenvalue weighted by Crippen LogP contribution is 2.32. The van der Waals surface area contributed by atoms with Crippen LogP contribution in [0.15, 0.2) is 46.9 Å². The van der Waals surface area contributed by atoms with Gasteiger partial charge in [-0.2, -0.15) is 5.26 Å². The Morgan fingerprint density at radius 1 is 1.17 bits per heavy atom. The predicted octanol–water partition coefficient (Wildman–Crippen LogP) is 3.26. The van der Waals surface area contributed by atoms with Gasteiger partial charge in [0.2, 0.25) is 17.7 Å². The highest BCUT2D eigenvalue weighted by molar-refractivity contribution is 7.18. The first kappa shape index (κ1) is 18.7. The minimum Gasteiger partial charge on any atom is -0.424 e. The average molecular weight is 407 g/mol. The molecule has 9 heteroatoms. The Morgan fingerprint density at radius 2 is 1.97 bits per heavy atom. The topological polar surface area (TPSA) is 105 Å². The summed E-state index contributed by atoms with van der Waals surface area (Å²) in [4.78, 5) is 16.1. The highest BCUT2D eigenvalue weighted by Gasteiger charge is 2.16. The normalized spacial score (nSPS) is 10.8. The molecule has 1 N–H and O–H groups in total. The van der Waals surface area contributed by atoms with Crippen molar-refractivity contribution in [2.45, 2.75) is 12.8 Å². The van der Waals surface area contributed by atoms with E-state index < -0.39 is 0 Å². The number of amides is 1. The number of carbonyl (C=O) groups excluding carboxylic acids is 1. The van der Waals surface area contributed by atoms with Crippen LogP contribution in [0.5, 0.6) is 0 Å². The molecule has 4 rings (SSSR count). The number of hydrogen-bond donors (Lipinski definition) is 1. The van der Waals surface area contributed by atoms with Gasteiger partial charge in [0.1, 0.15) is 23.8 Å². The number of thiazole rings is 1. The maximum Gasteiger partial charge on any atom is 0.230 e. The number of hydrogen-bond acceptors (Lipinski definition) is 7. The lowest BCUT2D eigenvalue weighted by atomic mass is 10.1. The molecule has 0 fully saturated rings. The number of nitrogens with one attached hydrogen (secondary N) is 1. The minimum atomic E-state index is -0.378. The third-order valence-electron chi connectivity index (χ3n) is 4.11. The van der Waals surface area contributed by atoms with E-state index in [1.165, 1.54) is 11.3 Å². The molecule has 2 aromatic heterocycles. The molecule has 2 aromatic carbocycles. The van der Waals surface area contributed by atoms with Crippen LogP contribution in [0.3, 0.4) is 0 Å². The Hall–Kier alpha value is -3.64. The first-order chi connectivity index (χ1) is 14.1. The standard InChI is InChI=1S/C20H14FN5O2S/c21-19-13(12-4-2-1-3-5-12)6-7-14-20(19)29-18(24-14)11-17-26-25-16(28-17)10-15(27)23-9-8-22/h1-7H,9-11H2,(H,23,27). The van der Waals surface area contributed by atoms with Crippen LogP contribution in [0.2, 0.25) is 0 Å². The van der Waals surface area contributed by atoms with Gasteiger partial charge in [-0.15, -0.1) is 21.5 Å². The second-order valence-electron chi connectivity index (χ2n) is 6.13. The van der Waals surface area contributed by atoms with Crippen molar-refractivity contribution < 1.29 is 13.6 Å². The molecule has 1 amide bonds. The molecule has 7 nitrogen and oxygen atoms in total. The van der Waals surface area contributed by atoms with E-state index in [-0.39, 0.29) is 42.9 Å². The molecular formula is C20H14FN5O2S. The van der Waals surface area contributed by atoms with Crippen molar-refractivity contribution in [2.24, 2.45) is 0 Å². The summed E-state index contributed by atoms with van der Waals surface area (Å²) in [6, 6.07) is 14.7. The summed E-state index contributed by atoms with van der Waals surface area (Å²) in [5.74, 6) is -0.250. The molecule has 0 saturated heterocycles. The number of benzene rings is 2. The molecule has 0 aliphatic heterocycles. The van der Waals surface area contributed by atoms with Crippen molar-refractivity contribution in [1.82, 2.24) is 20.5 Å². The number of nitrogens with zero attached hydrogens (tertiary/aromatic N) is 4. The molecule has 0 bridgehead atoms. The zero-order valence-corrected chi connectivity index (χ0v) is 15.9. The quantitative estimate of drug-likeness (QED) is 0.492. The third kappa shape index (κ3) is 4.12. The largest absolute Gasteiger partial charge is 0.424 e. The minimum absolute atomic E-state index is 0.0813. The molecule has 29 heavy (non-hydrogen) atoms. The van der Waals surface area contributed by atoms with E-state index in [0.29, 0.717) is 20.8 Å². The SMILES string of the molecule is N#CCNC(=O)Cc1nnc(Cc2nc3ccc(-c4ccccc4)c(F)c3s2)o1. The molecule has 0 spiro atoms. The summed E-state index contributed by atoms with van der Waals surface area (Å²) in [6.07, 6.45) is 0.135. The van der Waals surface area contributed by atoms with Gasteiger partial charge in [0, 0.05) is 5.56 Å². The van der Waals surface area contributed by atoms with E-state index in [0.717, 1.165) is 5.56 Å². The number of rotatable bonds is 6. The van der Waals surface area contributed by atoms with Crippen LogP contribution < -0.4 is 5.32 Å². The van der Waals surface area contributed by atoms with Crippen LogP contribution in [0.4, 0.5) is 4.39 Å². The highest BCUT2D eigenvalue weighted by atomic mass is 32.1. The number of aromatic nitrogens is 3. The maximum atomic E-state index is 15.0. The Labute approximate surface area is 168 Å². The monoisotopic (exact) mass is 407 g/mol. The third-order valence-corrected chi connectivity index (χ3v) is 5.18. The smallest absolute Gasteiger partial charge is 0.230 e. The van der Waals surface area contributed by atoms with Crippen LogP contribution in [-0.4, -0.2) is 27.6 Å². The number of nitriles is 1. The Bertz CT molecular complexity index is 1210. The van der Waals surface area contributed by atoms with Gasteiger partial charge in [0.15, 0.2) is 0 Å². The van der Waals surface area contributed by atoms with Gasteiger partial charge in [0.25, 0.3) is 0 Å². The summed E-state index contributed by atoms with van der Waals surface area (Å²) in [6.45, 7) is -0.0813. The number of fused-ring (bicyclic) bond motifs is 1. The first-order valence-corrected chi connectivity index (χ1v) is 9.54. The van der Waals surface area contributed by atoms with E-state index in [4.69, 9.17) is 9.68 Å². The van der Waals surface area contributed by atoms with Gasteiger partial charge in [-0.25, -0.2) is 9.37 Å². The van der Waals surface area contributed by atoms with Crippen molar-refractivity contribution in [1.29, 1.82) is 5.26 Å². The molecule has 0 radical (unpaired) electrons. The van der Waals surface area contributed by atoms with Crippen molar-refractivity contribution in [3.8, 4) is 17.2 Å². The summed E-state index contributed by atoms with van der Waals surface area (Å²) in [7, 11) is 0. The van der Waals surface area contributed by atoms with Crippen LogP contribution in [0.1, 0.15) is 16.8 Å². The molecule has 144 valence electrons. The van der Waals surface area contributed by atoms with Gasteiger partial charge in [-0.1, -0.05) is 30.3 Å². The molecule has 0 unspecified atom stereocenters. The van der Waals surface area contributed by atoms with Crippen LogP contribution in [0, 0.1) is 17.1 Å². The zero-order valence-electron chi connectivity index (χ0n) is 15.1. The van der Waals surface area contributed by atoms with Gasteiger partial charge in [-0.05, 0) is 17.7 Å². The zero-order chi connectivity index (χ0) is 20.2. The second-order valence-corrected chi connectivity index (χ2v) is 7.21. The van der Waals surface area contributed by atoms with Gasteiger partial charge >= 0.3 is 0 Å². The summed E-state index contributed by atoms with van der Waals surface area (Å²) < 4.78 is 20.9. The summed E-state index contributed by atoms with van der Waals surface area (Å²) in [5.41, 5.74) is 1.90. The summed E-state index contributed by atoms with van der Waals surface area (Å²) >= 11 is 1.23. The van der Waals surface area contributed by atoms with Crippen LogP contribution in [0.25, 0.3) is 21.3 Å². The van der Waals surface area contributed by atoms with E-state index >= 15 is 4.39 Å². The van der Waals surface area contributed by atoms with Gasteiger partial charge in [0.05, 0.1) is 22.7 Å². The van der Waals surface area contributed by atoms with Crippen LogP contribution in [-0.2, 0) is 17.6 Å². The molecule has 0 saturated carbocycles. The van der Waals surface area contributed by atoms with E-state index in [9.17, 15) is 4.79 Å². The molecule has 0 aliphatic rings. The number of carbonyl (C=O) groups is 1. The second kappa shape index (κ2) is 8.16. The van der Waals surface area contributed by atoms with Crippen molar-refractivity contribution in [3.63, 3.8) is 0 Å². The fourth-order valence-electron chi connectivity index (χ4n) is 2.82. The lowest BCUT2D eigenvalue weighted by molar-refractivity contribution is -0.120. The van der Waals surface area contributed by atoms with Gasteiger partial charge < -0.3 is 9.73 Å².